The SMILES string of the molecule is CC(C)(C)c1cc2c3c(c1)Cc1cc(C(C)(C)C)cc4c1OCc1cccc(c1)COc1c(cc(C(C)(C)C)cc1Cc1cc(C(C)(C)C)cc5c1OCCOCCOc1c(cc(C(C)(C)C)cc1C4)C5)Cc1cc(C(C)(C)C)cc(c1OCCOCCO3)C2. The van der Waals surface area contributed by atoms with Crippen LogP contribution in [-0.4, -0.2) is 52.9 Å². The highest BCUT2D eigenvalue weighted by Gasteiger charge is 2.32. The van der Waals surface area contributed by atoms with E-state index in [0.29, 0.717) is 105 Å². The summed E-state index contributed by atoms with van der Waals surface area (Å²) in [6, 6.07) is 37.7. The molecule has 0 aliphatic carbocycles. The predicted molar refractivity (Wildman–Crippen MR) is 366 cm³/mol. The molecule has 478 valence electrons. The van der Waals surface area contributed by atoms with Crippen molar-refractivity contribution in [1.82, 2.24) is 0 Å². The third-order valence-corrected chi connectivity index (χ3v) is 18.6. The fourth-order valence-electron chi connectivity index (χ4n) is 13.2. The third-order valence-electron chi connectivity index (χ3n) is 18.6. The molecule has 0 saturated carbocycles. The second kappa shape index (κ2) is 25.0. The molecule has 0 aromatic heterocycles. The highest BCUT2D eigenvalue weighted by atomic mass is 16.6. The van der Waals surface area contributed by atoms with Crippen molar-refractivity contribution in [1.29, 1.82) is 0 Å². The third kappa shape index (κ3) is 14.6. The van der Waals surface area contributed by atoms with Crippen LogP contribution in [0.2, 0.25) is 0 Å². The summed E-state index contributed by atoms with van der Waals surface area (Å²) < 4.78 is 56.9. The Morgan fingerprint density at radius 2 is 0.400 bits per heavy atom. The number of rotatable bonds is 0. The molecular formula is C82H102O8. The average molecular weight is 1220 g/mol. The maximum Gasteiger partial charge on any atom is 0.126 e. The first-order valence-corrected chi connectivity index (χ1v) is 33.3. The zero-order chi connectivity index (χ0) is 64.3. The van der Waals surface area contributed by atoms with Gasteiger partial charge in [0.25, 0.3) is 0 Å². The molecule has 0 amide bonds. The van der Waals surface area contributed by atoms with Gasteiger partial charge in [-0.3, -0.25) is 0 Å². The molecule has 0 unspecified atom stereocenters. The molecule has 8 nitrogen and oxygen atoms in total. The number of hydrogen-bond acceptors (Lipinski definition) is 8. The molecule has 0 fully saturated rings. The van der Waals surface area contributed by atoms with E-state index in [1.165, 1.54) is 33.4 Å². The summed E-state index contributed by atoms with van der Waals surface area (Å²) in [5, 5.41) is 0. The maximum absolute atomic E-state index is 7.58. The van der Waals surface area contributed by atoms with E-state index in [-0.39, 0.29) is 32.5 Å². The van der Waals surface area contributed by atoms with Crippen LogP contribution < -0.4 is 28.4 Å². The molecule has 4 aliphatic rings. The number of fused-ring (bicyclic) bond motifs is 2. The lowest BCUT2D eigenvalue weighted by molar-refractivity contribution is 0.0750. The number of hydrogen-bond donors (Lipinski definition) is 0. The van der Waals surface area contributed by atoms with E-state index in [4.69, 9.17) is 37.9 Å². The predicted octanol–water partition coefficient (Wildman–Crippen LogP) is 18.4. The molecule has 7 aromatic rings. The standard InChI is InChI=1S/C82H102O8/c1-77(2,3)65-37-53-31-54-38-66(78(4,5)6)42-58-34-63-47-70(82(16,17)18)48-64-36-60-44-68(80(10,11)12)40-56-32-55-39-67(79(7,8)9)43-59(73(55)87-28-24-84-25-29-88-74(56)60)35-62-46-69(81(13,14)15)45-61(33-57(41-65)71(53)85-26-22-83-23-27-86-72(54)58)75(62)89-49-51-20-19-21-52(30-51)50-90-76(63)64/h19-21,30,37-48H,22-29,31-36,49-50H2,1-18H3. The Balaban J connectivity index is 1.33. The molecule has 0 radical (unpaired) electrons. The summed E-state index contributed by atoms with van der Waals surface area (Å²) in [4.78, 5) is 0. The van der Waals surface area contributed by atoms with Gasteiger partial charge in [0, 0.05) is 38.5 Å². The highest BCUT2D eigenvalue weighted by Crippen LogP contribution is 2.47. The molecule has 11 rings (SSSR count). The minimum Gasteiger partial charge on any atom is -0.491 e. The van der Waals surface area contributed by atoms with Gasteiger partial charge in [0.05, 0.1) is 26.4 Å². The maximum atomic E-state index is 7.58. The molecule has 7 aromatic carbocycles. The Hall–Kier alpha value is -6.74. The van der Waals surface area contributed by atoms with Crippen molar-refractivity contribution in [2.75, 3.05) is 52.9 Å². The van der Waals surface area contributed by atoms with Gasteiger partial charge in [-0.05, 0) is 150 Å². The van der Waals surface area contributed by atoms with Crippen molar-refractivity contribution in [2.24, 2.45) is 0 Å². The Morgan fingerprint density at radius 1 is 0.222 bits per heavy atom. The zero-order valence-electron chi connectivity index (χ0n) is 57.8. The van der Waals surface area contributed by atoms with Gasteiger partial charge < -0.3 is 37.9 Å². The van der Waals surface area contributed by atoms with Crippen LogP contribution in [0.3, 0.4) is 0 Å². The van der Waals surface area contributed by atoms with Gasteiger partial charge in [-0.15, -0.1) is 0 Å². The molecule has 4 aliphatic heterocycles. The quantitative estimate of drug-likeness (QED) is 0.149. The second-order valence-corrected chi connectivity index (χ2v) is 32.3. The van der Waals surface area contributed by atoms with Crippen LogP contribution in [0, 0.1) is 0 Å². The van der Waals surface area contributed by atoms with Crippen LogP contribution in [0.5, 0.6) is 34.5 Å². The van der Waals surface area contributed by atoms with Crippen molar-refractivity contribution in [3.05, 3.63) is 208 Å². The highest BCUT2D eigenvalue weighted by molar-refractivity contribution is 5.62. The first kappa shape index (κ1) is 64.8. The van der Waals surface area contributed by atoms with Crippen LogP contribution in [0.4, 0.5) is 0 Å². The van der Waals surface area contributed by atoms with E-state index >= 15 is 0 Å². The Morgan fingerprint density at radius 3 is 0.578 bits per heavy atom. The van der Waals surface area contributed by atoms with E-state index < -0.39 is 0 Å². The average Bonchev–Trinajstić information content (AvgIpc) is 0.872. The van der Waals surface area contributed by atoms with Crippen molar-refractivity contribution in [2.45, 2.75) is 209 Å². The fourth-order valence-corrected chi connectivity index (χ4v) is 13.2. The minimum absolute atomic E-state index is 0.197. The molecule has 8 heteroatoms. The summed E-state index contributed by atoms with van der Waals surface area (Å²) in [5.74, 6) is 5.29. The van der Waals surface area contributed by atoms with Crippen LogP contribution in [0.1, 0.15) is 236 Å². The van der Waals surface area contributed by atoms with Gasteiger partial charge >= 0.3 is 0 Å². The molecular weight excluding hydrogens is 1110 g/mol. The van der Waals surface area contributed by atoms with Gasteiger partial charge in [-0.25, -0.2) is 0 Å². The van der Waals surface area contributed by atoms with Gasteiger partial charge in [-0.2, -0.15) is 0 Å². The molecule has 0 N–H and O–H groups in total. The summed E-state index contributed by atoms with van der Waals surface area (Å²) in [5.41, 5.74) is 21.7. The largest absolute Gasteiger partial charge is 0.491 e. The van der Waals surface area contributed by atoms with E-state index in [2.05, 4.69) is 222 Å². The van der Waals surface area contributed by atoms with E-state index in [1.807, 2.05) is 0 Å². The van der Waals surface area contributed by atoms with Crippen LogP contribution in [0.25, 0.3) is 0 Å². The van der Waals surface area contributed by atoms with E-state index in [9.17, 15) is 0 Å². The smallest absolute Gasteiger partial charge is 0.126 e. The first-order chi connectivity index (χ1) is 42.3. The van der Waals surface area contributed by atoms with E-state index in [1.54, 1.807) is 0 Å². The summed E-state index contributed by atoms with van der Waals surface area (Å²) in [6.45, 7) is 45.8. The second-order valence-electron chi connectivity index (χ2n) is 32.3. The van der Waals surface area contributed by atoms with Gasteiger partial charge in [0.1, 0.15) is 74.1 Å². The van der Waals surface area contributed by atoms with Crippen LogP contribution in [0.15, 0.2) is 97.1 Å². The lowest BCUT2D eigenvalue weighted by atomic mass is 9.79. The van der Waals surface area contributed by atoms with Crippen molar-refractivity contribution in [3.63, 3.8) is 0 Å². The lowest BCUT2D eigenvalue weighted by Crippen LogP contribution is -2.20. The summed E-state index contributed by atoms with van der Waals surface area (Å²) in [7, 11) is 0. The van der Waals surface area contributed by atoms with Crippen molar-refractivity contribution >= 4 is 0 Å². The van der Waals surface area contributed by atoms with Crippen molar-refractivity contribution in [3.8, 4) is 34.5 Å². The monoisotopic (exact) mass is 1210 g/mol. The minimum atomic E-state index is -0.219. The van der Waals surface area contributed by atoms with Gasteiger partial charge in [0.15, 0.2) is 0 Å². The van der Waals surface area contributed by atoms with Crippen LogP contribution in [-0.2, 0) is 93.7 Å². The molecule has 90 heavy (non-hydrogen) atoms. The molecule has 0 spiro atoms. The molecule has 0 saturated heterocycles. The summed E-state index contributed by atoms with van der Waals surface area (Å²) >= 11 is 0. The van der Waals surface area contributed by atoms with E-state index in [0.717, 1.165) is 112 Å². The fraction of sp³-hybridized carbons (Fsp3) is 0.488. The Labute approximate surface area is 539 Å². The first-order valence-electron chi connectivity index (χ1n) is 33.3. The van der Waals surface area contributed by atoms with Gasteiger partial charge in [0.2, 0.25) is 0 Å². The lowest BCUT2D eigenvalue weighted by Gasteiger charge is -2.30. The number of ether oxygens (including phenoxy) is 8. The Bertz CT molecular complexity index is 3360. The Kier molecular flexibility index (Phi) is 18.0. The normalized spacial score (nSPS) is 16.3. The zero-order valence-corrected chi connectivity index (χ0v) is 57.8. The number of benzene rings is 7. The van der Waals surface area contributed by atoms with Crippen molar-refractivity contribution < 1.29 is 37.9 Å². The topological polar surface area (TPSA) is 73.8 Å². The molecule has 4 heterocycles. The molecule has 0 atom stereocenters. The van der Waals surface area contributed by atoms with Gasteiger partial charge in [-0.1, -0.05) is 216 Å². The summed E-state index contributed by atoms with van der Waals surface area (Å²) in [6.07, 6.45) is 3.42. The van der Waals surface area contributed by atoms with Crippen LogP contribution >= 0.6 is 0 Å². The molecule has 16 bridgehead atoms.